The maximum absolute atomic E-state index is 11.9. The lowest BCUT2D eigenvalue weighted by Crippen LogP contribution is -2.12. The van der Waals surface area contributed by atoms with Crippen molar-refractivity contribution in [1.29, 1.82) is 0 Å². The van der Waals surface area contributed by atoms with Gasteiger partial charge < -0.3 is 4.89 Å². The Hall–Kier alpha value is -0.880. The monoisotopic (exact) mass is 366 g/mol. The topological polar surface area (TPSA) is 55.8 Å². The highest BCUT2D eigenvalue weighted by atomic mass is 31.2. The Balaban J connectivity index is 1.73. The minimum atomic E-state index is -5.20. The molecule has 1 aromatic carbocycles. The Labute approximate surface area is 139 Å². The maximum atomic E-state index is 11.9. The first-order valence-electron chi connectivity index (χ1n) is 8.09. The van der Waals surface area contributed by atoms with Crippen molar-refractivity contribution in [2.75, 3.05) is 6.61 Å². The average molecular weight is 366 g/mol. The molecule has 1 saturated carbocycles. The van der Waals surface area contributed by atoms with Crippen molar-refractivity contribution in [2.45, 2.75) is 57.2 Å². The predicted octanol–water partition coefficient (Wildman–Crippen LogP) is 5.32. The van der Waals surface area contributed by atoms with Crippen LogP contribution in [0.4, 0.5) is 13.2 Å². The molecule has 0 amide bonds. The summed E-state index contributed by atoms with van der Waals surface area (Å²) < 4.78 is 54.1. The molecular formula is C16H22F3O4P. The quantitative estimate of drug-likeness (QED) is 0.524. The number of halogens is 3. The van der Waals surface area contributed by atoms with Gasteiger partial charge in [0.2, 0.25) is 0 Å². The standard InChI is InChI=1S/C16H22F3O4P/c17-16(18,19)23-24(20,21)22-12-4-5-13-8-10-15(11-9-13)14-6-2-1-3-7-14/h8-11,14H,1-7,12H2,(H,20,21). The van der Waals surface area contributed by atoms with Crippen molar-refractivity contribution in [2.24, 2.45) is 0 Å². The molecule has 1 unspecified atom stereocenters. The highest BCUT2D eigenvalue weighted by Gasteiger charge is 2.40. The normalized spacial score (nSPS) is 19.2. The SMILES string of the molecule is O=P(O)(OCCCc1ccc(C2CCCCC2)cc1)OC(F)(F)F. The zero-order valence-corrected chi connectivity index (χ0v) is 14.2. The third-order valence-electron chi connectivity index (χ3n) is 4.14. The van der Waals surface area contributed by atoms with E-state index in [2.05, 4.69) is 21.2 Å². The van der Waals surface area contributed by atoms with Crippen LogP contribution in [0, 0.1) is 0 Å². The van der Waals surface area contributed by atoms with Crippen LogP contribution in [0.15, 0.2) is 24.3 Å². The summed E-state index contributed by atoms with van der Waals surface area (Å²) in [5, 5.41) is 0. The number of alkyl halides is 3. The fraction of sp³-hybridized carbons (Fsp3) is 0.625. The first-order valence-corrected chi connectivity index (χ1v) is 9.58. The third-order valence-corrected chi connectivity index (χ3v) is 5.09. The van der Waals surface area contributed by atoms with Crippen LogP contribution in [-0.4, -0.2) is 17.9 Å². The van der Waals surface area contributed by atoms with Crippen molar-refractivity contribution in [3.05, 3.63) is 35.4 Å². The molecule has 0 aliphatic heterocycles. The van der Waals surface area contributed by atoms with Gasteiger partial charge in [-0.1, -0.05) is 43.5 Å². The average Bonchev–Trinajstić information content (AvgIpc) is 2.51. The molecule has 0 aromatic heterocycles. The van der Waals surface area contributed by atoms with Crippen molar-refractivity contribution >= 4 is 7.82 Å². The van der Waals surface area contributed by atoms with Gasteiger partial charge in [0.05, 0.1) is 6.61 Å². The predicted molar refractivity (Wildman–Crippen MR) is 83.5 cm³/mol. The van der Waals surface area contributed by atoms with E-state index in [1.165, 1.54) is 37.7 Å². The minimum Gasteiger partial charge on any atom is -0.302 e. The lowest BCUT2D eigenvalue weighted by molar-refractivity contribution is -0.282. The fourth-order valence-electron chi connectivity index (χ4n) is 3.01. The number of rotatable bonds is 7. The Morgan fingerprint density at radius 1 is 1.12 bits per heavy atom. The van der Waals surface area contributed by atoms with Gasteiger partial charge in [-0.3, -0.25) is 4.52 Å². The first-order chi connectivity index (χ1) is 11.3. The largest absolute Gasteiger partial charge is 0.531 e. The summed E-state index contributed by atoms with van der Waals surface area (Å²) >= 11 is 0. The van der Waals surface area contributed by atoms with Crippen LogP contribution in [0.3, 0.4) is 0 Å². The van der Waals surface area contributed by atoms with Gasteiger partial charge in [-0.2, -0.15) is 4.52 Å². The van der Waals surface area contributed by atoms with E-state index in [0.29, 0.717) is 18.8 Å². The van der Waals surface area contributed by atoms with E-state index >= 15 is 0 Å². The van der Waals surface area contributed by atoms with Crippen molar-refractivity contribution in [3.8, 4) is 0 Å². The van der Waals surface area contributed by atoms with Gasteiger partial charge in [-0.15, -0.1) is 13.2 Å². The third kappa shape index (κ3) is 6.93. The van der Waals surface area contributed by atoms with E-state index in [-0.39, 0.29) is 6.61 Å². The number of hydrogen-bond acceptors (Lipinski definition) is 3. The van der Waals surface area contributed by atoms with Crippen LogP contribution >= 0.6 is 7.82 Å². The Bertz CT molecular complexity index is 553. The highest BCUT2D eigenvalue weighted by Crippen LogP contribution is 2.48. The molecule has 1 fully saturated rings. The van der Waals surface area contributed by atoms with Gasteiger partial charge in [0.25, 0.3) is 0 Å². The van der Waals surface area contributed by atoms with Crippen LogP contribution in [-0.2, 0) is 20.0 Å². The van der Waals surface area contributed by atoms with Gasteiger partial charge >= 0.3 is 14.2 Å². The minimum absolute atomic E-state index is 0.283. The molecule has 136 valence electrons. The Morgan fingerprint density at radius 2 is 1.75 bits per heavy atom. The molecule has 8 heteroatoms. The van der Waals surface area contributed by atoms with Crippen LogP contribution in [0.25, 0.3) is 0 Å². The van der Waals surface area contributed by atoms with Crippen molar-refractivity contribution in [3.63, 3.8) is 0 Å². The van der Waals surface area contributed by atoms with Crippen LogP contribution < -0.4 is 0 Å². The Morgan fingerprint density at radius 3 is 2.33 bits per heavy atom. The molecular weight excluding hydrogens is 344 g/mol. The highest BCUT2D eigenvalue weighted by molar-refractivity contribution is 7.47. The molecule has 1 aromatic rings. The summed E-state index contributed by atoms with van der Waals surface area (Å²) in [6, 6.07) is 8.18. The smallest absolute Gasteiger partial charge is 0.302 e. The second kappa shape index (κ2) is 8.48. The van der Waals surface area contributed by atoms with Crippen molar-refractivity contribution in [1.82, 2.24) is 0 Å². The van der Waals surface area contributed by atoms with Crippen molar-refractivity contribution < 1.29 is 31.7 Å². The molecule has 0 saturated heterocycles. The number of benzene rings is 1. The molecule has 0 bridgehead atoms. The maximum Gasteiger partial charge on any atom is 0.531 e. The molecule has 0 heterocycles. The number of aryl methyl sites for hydroxylation is 1. The van der Waals surface area contributed by atoms with E-state index in [1.54, 1.807) is 0 Å². The van der Waals surface area contributed by atoms with E-state index in [9.17, 15) is 17.7 Å². The van der Waals surface area contributed by atoms with Gasteiger partial charge in [0.15, 0.2) is 0 Å². The summed E-state index contributed by atoms with van der Waals surface area (Å²) in [6.45, 7) is -0.283. The molecule has 1 atom stereocenters. The van der Waals surface area contributed by atoms with Crippen LogP contribution in [0.5, 0.6) is 0 Å². The zero-order chi connectivity index (χ0) is 17.6. The number of phosphoric acid groups is 1. The van der Waals surface area contributed by atoms with Gasteiger partial charge in [-0.05, 0) is 42.7 Å². The molecule has 1 aliphatic rings. The summed E-state index contributed by atoms with van der Waals surface area (Å²) in [7, 11) is -5.09. The second-order valence-electron chi connectivity index (χ2n) is 6.02. The molecule has 0 spiro atoms. The number of hydrogen-bond donors (Lipinski definition) is 1. The molecule has 1 N–H and O–H groups in total. The van der Waals surface area contributed by atoms with E-state index < -0.39 is 14.2 Å². The summed E-state index contributed by atoms with van der Waals surface area (Å²) in [4.78, 5) is 8.92. The molecule has 2 rings (SSSR count). The summed E-state index contributed by atoms with van der Waals surface area (Å²) in [6.07, 6.45) is 1.97. The molecule has 4 nitrogen and oxygen atoms in total. The summed E-state index contributed by atoms with van der Waals surface area (Å²) in [5.74, 6) is 0.621. The fourth-order valence-corrected chi connectivity index (χ4v) is 3.68. The van der Waals surface area contributed by atoms with E-state index in [1.807, 2.05) is 12.1 Å². The van der Waals surface area contributed by atoms with Crippen LogP contribution in [0.2, 0.25) is 0 Å². The van der Waals surface area contributed by atoms with Gasteiger partial charge in [0, 0.05) is 0 Å². The van der Waals surface area contributed by atoms with E-state index in [0.717, 1.165) is 5.56 Å². The zero-order valence-electron chi connectivity index (χ0n) is 13.3. The second-order valence-corrected chi connectivity index (χ2v) is 7.40. The van der Waals surface area contributed by atoms with Crippen LogP contribution in [0.1, 0.15) is 55.6 Å². The van der Waals surface area contributed by atoms with E-state index in [4.69, 9.17) is 4.89 Å². The molecule has 0 radical (unpaired) electrons. The lowest BCUT2D eigenvalue weighted by atomic mass is 9.84. The molecule has 24 heavy (non-hydrogen) atoms. The Kier molecular flexibility index (Phi) is 6.87. The van der Waals surface area contributed by atoms with Gasteiger partial charge in [0.1, 0.15) is 0 Å². The van der Waals surface area contributed by atoms with Gasteiger partial charge in [-0.25, -0.2) is 4.57 Å². The first kappa shape index (κ1) is 19.4. The number of phosphoric ester groups is 1. The summed E-state index contributed by atoms with van der Waals surface area (Å²) in [5.41, 5.74) is 2.34. The molecule has 1 aliphatic carbocycles. The lowest BCUT2D eigenvalue weighted by Gasteiger charge is -2.22.